The van der Waals surface area contributed by atoms with Gasteiger partial charge in [-0.1, -0.05) is 55.0 Å². The molecule has 2 N–H and O–H groups in total. The average molecular weight is 463 g/mol. The van der Waals surface area contributed by atoms with Crippen LogP contribution in [0.2, 0.25) is 0 Å². The SMILES string of the molecule is O=C(NC(CC(=O)N1CCC(C(=O)O)C1)C1CCC1)OCC1c2ccccc2-c2ccccc21. The number of amides is 2. The summed E-state index contributed by atoms with van der Waals surface area (Å²) in [4.78, 5) is 38.5. The molecule has 34 heavy (non-hydrogen) atoms. The van der Waals surface area contributed by atoms with Gasteiger partial charge in [-0.05, 0) is 47.4 Å². The van der Waals surface area contributed by atoms with Gasteiger partial charge in [-0.3, -0.25) is 9.59 Å². The Kier molecular flexibility index (Phi) is 6.26. The number of carbonyl (C=O) groups excluding carboxylic acids is 2. The fraction of sp³-hybridized carbons (Fsp3) is 0.444. The van der Waals surface area contributed by atoms with Crippen molar-refractivity contribution in [3.05, 3.63) is 59.7 Å². The first-order valence-electron chi connectivity index (χ1n) is 12.1. The van der Waals surface area contributed by atoms with E-state index in [0.29, 0.717) is 13.0 Å². The lowest BCUT2D eigenvalue weighted by molar-refractivity contribution is -0.141. The predicted octanol–water partition coefficient (Wildman–Crippen LogP) is 4.02. The molecule has 2 atom stereocenters. The van der Waals surface area contributed by atoms with Gasteiger partial charge >= 0.3 is 12.1 Å². The Labute approximate surface area is 199 Å². The number of alkyl carbamates (subject to hydrolysis) is 1. The van der Waals surface area contributed by atoms with E-state index in [9.17, 15) is 19.5 Å². The summed E-state index contributed by atoms with van der Waals surface area (Å²) in [5, 5.41) is 12.2. The number of rotatable bonds is 7. The molecule has 1 saturated heterocycles. The lowest BCUT2D eigenvalue weighted by atomic mass is 9.78. The monoisotopic (exact) mass is 462 g/mol. The maximum Gasteiger partial charge on any atom is 0.407 e. The lowest BCUT2D eigenvalue weighted by Crippen LogP contribution is -2.46. The Morgan fingerprint density at radius 1 is 1.00 bits per heavy atom. The Hall–Kier alpha value is -3.35. The van der Waals surface area contributed by atoms with Crippen LogP contribution in [0.5, 0.6) is 0 Å². The van der Waals surface area contributed by atoms with Crippen molar-refractivity contribution < 1.29 is 24.2 Å². The van der Waals surface area contributed by atoms with Crippen molar-refractivity contribution in [1.82, 2.24) is 10.2 Å². The number of nitrogens with one attached hydrogen (secondary N) is 1. The number of aliphatic carboxylic acids is 1. The Bertz CT molecular complexity index is 1050. The van der Waals surface area contributed by atoms with Gasteiger partial charge in [-0.2, -0.15) is 0 Å². The Morgan fingerprint density at radius 2 is 1.65 bits per heavy atom. The van der Waals surface area contributed by atoms with E-state index in [1.807, 2.05) is 24.3 Å². The number of carboxylic acid groups (broad SMARTS) is 1. The summed E-state index contributed by atoms with van der Waals surface area (Å²) in [5.74, 6) is -1.22. The van der Waals surface area contributed by atoms with Gasteiger partial charge in [0.05, 0.1) is 5.92 Å². The fourth-order valence-electron chi connectivity index (χ4n) is 5.47. The third kappa shape index (κ3) is 4.39. The quantitative estimate of drug-likeness (QED) is 0.648. The molecule has 2 aromatic rings. The molecule has 2 aromatic carbocycles. The van der Waals surface area contributed by atoms with E-state index in [0.717, 1.165) is 30.4 Å². The molecular formula is C27H30N2O5. The molecule has 2 amide bonds. The molecule has 0 radical (unpaired) electrons. The van der Waals surface area contributed by atoms with E-state index < -0.39 is 18.0 Å². The summed E-state index contributed by atoms with van der Waals surface area (Å²) in [5.41, 5.74) is 4.67. The molecular weight excluding hydrogens is 432 g/mol. The van der Waals surface area contributed by atoms with Crippen molar-refractivity contribution in [1.29, 1.82) is 0 Å². The molecule has 2 aliphatic carbocycles. The second-order valence-corrected chi connectivity index (χ2v) is 9.64. The van der Waals surface area contributed by atoms with Gasteiger partial charge in [0.25, 0.3) is 0 Å². The Balaban J connectivity index is 1.21. The first kappa shape index (κ1) is 22.4. The summed E-state index contributed by atoms with van der Waals surface area (Å²) in [6, 6.07) is 16.1. The standard InChI is InChI=1S/C27H30N2O5/c30-25(29-13-12-18(15-29)26(31)32)14-24(17-6-5-7-17)28-27(33)34-16-23-21-10-3-1-8-19(21)20-9-2-4-11-22(20)23/h1-4,8-11,17-18,23-24H,5-7,12-16H2,(H,28,33)(H,31,32). The topological polar surface area (TPSA) is 95.9 Å². The Morgan fingerprint density at radius 3 is 2.21 bits per heavy atom. The van der Waals surface area contributed by atoms with Gasteiger partial charge in [-0.15, -0.1) is 0 Å². The summed E-state index contributed by atoms with van der Waals surface area (Å²) in [6.07, 6.45) is 3.19. The van der Waals surface area contributed by atoms with Crippen molar-refractivity contribution in [2.75, 3.05) is 19.7 Å². The van der Waals surface area contributed by atoms with E-state index in [1.54, 1.807) is 4.90 Å². The molecule has 7 heteroatoms. The molecule has 2 fully saturated rings. The summed E-state index contributed by atoms with van der Waals surface area (Å²) in [6.45, 7) is 0.937. The minimum atomic E-state index is -0.859. The number of likely N-dealkylation sites (tertiary alicyclic amines) is 1. The average Bonchev–Trinajstić information content (AvgIpc) is 3.40. The van der Waals surface area contributed by atoms with Gasteiger partial charge < -0.3 is 20.1 Å². The number of carbonyl (C=O) groups is 3. The van der Waals surface area contributed by atoms with Crippen molar-refractivity contribution in [2.24, 2.45) is 11.8 Å². The van der Waals surface area contributed by atoms with Crippen LogP contribution in [0, 0.1) is 11.8 Å². The number of hydrogen-bond acceptors (Lipinski definition) is 4. The van der Waals surface area contributed by atoms with Crippen LogP contribution >= 0.6 is 0 Å². The maximum atomic E-state index is 12.8. The fourth-order valence-corrected chi connectivity index (χ4v) is 5.47. The highest BCUT2D eigenvalue weighted by atomic mass is 16.5. The molecule has 1 saturated carbocycles. The number of carboxylic acids is 1. The third-order valence-corrected chi connectivity index (χ3v) is 7.65. The van der Waals surface area contributed by atoms with Crippen molar-refractivity contribution in [2.45, 2.75) is 44.1 Å². The maximum absolute atomic E-state index is 12.8. The molecule has 5 rings (SSSR count). The number of fused-ring (bicyclic) bond motifs is 3. The van der Waals surface area contributed by atoms with Crippen LogP contribution in [0.15, 0.2) is 48.5 Å². The van der Waals surface area contributed by atoms with E-state index in [4.69, 9.17) is 4.74 Å². The molecule has 2 unspecified atom stereocenters. The first-order valence-corrected chi connectivity index (χ1v) is 12.1. The normalized spacial score (nSPS) is 20.2. The second kappa shape index (κ2) is 9.49. The molecule has 1 aliphatic heterocycles. The summed E-state index contributed by atoms with van der Waals surface area (Å²) in [7, 11) is 0. The van der Waals surface area contributed by atoms with E-state index in [1.165, 1.54) is 11.1 Å². The van der Waals surface area contributed by atoms with Crippen molar-refractivity contribution in [3.8, 4) is 11.1 Å². The predicted molar refractivity (Wildman–Crippen MR) is 126 cm³/mol. The highest BCUT2D eigenvalue weighted by molar-refractivity contribution is 5.81. The first-order chi connectivity index (χ1) is 16.5. The summed E-state index contributed by atoms with van der Waals surface area (Å²) < 4.78 is 5.69. The van der Waals surface area contributed by atoms with Crippen LogP contribution in [0.1, 0.15) is 49.1 Å². The van der Waals surface area contributed by atoms with Gasteiger partial charge in [0.2, 0.25) is 5.91 Å². The molecule has 3 aliphatic rings. The van der Waals surface area contributed by atoms with Crippen LogP contribution < -0.4 is 5.32 Å². The van der Waals surface area contributed by atoms with Crippen LogP contribution in [-0.2, 0) is 14.3 Å². The highest BCUT2D eigenvalue weighted by Gasteiger charge is 2.36. The molecule has 1 heterocycles. The highest BCUT2D eigenvalue weighted by Crippen LogP contribution is 2.44. The molecule has 0 bridgehead atoms. The van der Waals surface area contributed by atoms with Crippen LogP contribution in [0.4, 0.5) is 4.79 Å². The lowest BCUT2D eigenvalue weighted by Gasteiger charge is -2.34. The van der Waals surface area contributed by atoms with Gasteiger partial charge in [0, 0.05) is 31.5 Å². The second-order valence-electron chi connectivity index (χ2n) is 9.64. The zero-order chi connectivity index (χ0) is 23.7. The van der Waals surface area contributed by atoms with E-state index in [-0.39, 0.29) is 43.4 Å². The molecule has 7 nitrogen and oxygen atoms in total. The smallest absolute Gasteiger partial charge is 0.407 e. The number of hydrogen-bond donors (Lipinski definition) is 2. The van der Waals surface area contributed by atoms with Gasteiger partial charge in [0.15, 0.2) is 0 Å². The van der Waals surface area contributed by atoms with E-state index in [2.05, 4.69) is 29.6 Å². The number of ether oxygens (including phenoxy) is 1. The zero-order valence-electron chi connectivity index (χ0n) is 19.1. The number of nitrogens with zero attached hydrogens (tertiary/aromatic N) is 1. The minimum absolute atomic E-state index is 0.0144. The van der Waals surface area contributed by atoms with E-state index >= 15 is 0 Å². The van der Waals surface area contributed by atoms with Crippen LogP contribution in [0.25, 0.3) is 11.1 Å². The zero-order valence-corrected chi connectivity index (χ0v) is 19.1. The largest absolute Gasteiger partial charge is 0.481 e. The van der Waals surface area contributed by atoms with Crippen LogP contribution in [-0.4, -0.2) is 53.7 Å². The summed E-state index contributed by atoms with van der Waals surface area (Å²) >= 11 is 0. The van der Waals surface area contributed by atoms with Crippen LogP contribution in [0.3, 0.4) is 0 Å². The van der Waals surface area contributed by atoms with Gasteiger partial charge in [0.1, 0.15) is 6.61 Å². The van der Waals surface area contributed by atoms with Crippen molar-refractivity contribution >= 4 is 18.0 Å². The number of benzene rings is 2. The third-order valence-electron chi connectivity index (χ3n) is 7.65. The molecule has 0 spiro atoms. The van der Waals surface area contributed by atoms with Gasteiger partial charge in [-0.25, -0.2) is 4.79 Å². The molecule has 178 valence electrons. The minimum Gasteiger partial charge on any atom is -0.481 e. The molecule has 0 aromatic heterocycles. The van der Waals surface area contributed by atoms with Crippen molar-refractivity contribution in [3.63, 3.8) is 0 Å².